The van der Waals surface area contributed by atoms with Gasteiger partial charge in [0.2, 0.25) is 0 Å². The lowest BCUT2D eigenvalue weighted by Gasteiger charge is -2.02. The molecule has 1 aliphatic rings. The van der Waals surface area contributed by atoms with Gasteiger partial charge in [-0.2, -0.15) is 0 Å². The van der Waals surface area contributed by atoms with Gasteiger partial charge in [0.1, 0.15) is 11.8 Å². The number of urea groups is 1. The fourth-order valence-corrected chi connectivity index (χ4v) is 1.62. The molecular formula is C12H11N3O4. The smallest absolute Gasteiger partial charge is 0.322 e. The van der Waals surface area contributed by atoms with E-state index in [9.17, 15) is 14.7 Å². The third kappa shape index (κ3) is 2.89. The molecule has 1 unspecified atom stereocenters. The number of nitrogens with one attached hydrogen (secondary N) is 2. The van der Waals surface area contributed by atoms with Crippen molar-refractivity contribution in [2.75, 3.05) is 0 Å². The van der Waals surface area contributed by atoms with Crippen LogP contribution in [0.3, 0.4) is 0 Å². The van der Waals surface area contributed by atoms with Crippen LogP contribution in [0.1, 0.15) is 11.1 Å². The molecule has 98 valence electrons. The van der Waals surface area contributed by atoms with Crippen LogP contribution < -0.4 is 10.6 Å². The van der Waals surface area contributed by atoms with Crippen molar-refractivity contribution in [1.82, 2.24) is 10.6 Å². The van der Waals surface area contributed by atoms with E-state index in [1.54, 1.807) is 12.1 Å². The summed E-state index contributed by atoms with van der Waals surface area (Å²) in [7, 11) is 0. The Morgan fingerprint density at radius 1 is 1.32 bits per heavy atom. The second-order valence-electron chi connectivity index (χ2n) is 3.86. The number of oxime groups is 1. The highest BCUT2D eigenvalue weighted by atomic mass is 16.4. The molecular weight excluding hydrogens is 250 g/mol. The number of phenolic OH excluding ortho intramolecular Hbond substituents is 1. The van der Waals surface area contributed by atoms with Gasteiger partial charge in [0.05, 0.1) is 6.21 Å². The van der Waals surface area contributed by atoms with Crippen molar-refractivity contribution in [3.8, 4) is 5.75 Å². The maximum Gasteiger partial charge on any atom is 0.322 e. The minimum Gasteiger partial charge on any atom is -0.507 e. The molecule has 1 aromatic carbocycles. The van der Waals surface area contributed by atoms with E-state index in [1.165, 1.54) is 24.4 Å². The predicted octanol–water partition coefficient (Wildman–Crippen LogP) is 0.421. The molecule has 2 rings (SSSR count). The molecule has 1 aliphatic heterocycles. The van der Waals surface area contributed by atoms with Gasteiger partial charge in [0, 0.05) is 5.56 Å². The average Bonchev–Trinajstić information content (AvgIpc) is 2.69. The van der Waals surface area contributed by atoms with E-state index in [4.69, 9.17) is 5.21 Å². The second kappa shape index (κ2) is 5.21. The van der Waals surface area contributed by atoms with E-state index in [-0.39, 0.29) is 5.75 Å². The summed E-state index contributed by atoms with van der Waals surface area (Å²) in [5, 5.41) is 25.5. The zero-order chi connectivity index (χ0) is 13.8. The first-order chi connectivity index (χ1) is 9.10. The van der Waals surface area contributed by atoms with Crippen LogP contribution in [0.4, 0.5) is 4.79 Å². The second-order valence-corrected chi connectivity index (χ2v) is 3.86. The molecule has 19 heavy (non-hydrogen) atoms. The van der Waals surface area contributed by atoms with Crippen LogP contribution in [-0.2, 0) is 4.79 Å². The largest absolute Gasteiger partial charge is 0.507 e. The molecule has 1 saturated heterocycles. The summed E-state index contributed by atoms with van der Waals surface area (Å²) in [6, 6.07) is 3.26. The Hall–Kier alpha value is -2.83. The monoisotopic (exact) mass is 261 g/mol. The number of hydrogen-bond donors (Lipinski definition) is 4. The first-order valence-corrected chi connectivity index (χ1v) is 5.40. The van der Waals surface area contributed by atoms with E-state index in [1.807, 2.05) is 0 Å². The molecule has 1 fully saturated rings. The van der Waals surface area contributed by atoms with Crippen molar-refractivity contribution in [3.05, 3.63) is 35.4 Å². The Morgan fingerprint density at radius 3 is 2.74 bits per heavy atom. The van der Waals surface area contributed by atoms with Gasteiger partial charge in [0.25, 0.3) is 5.91 Å². The third-order valence-electron chi connectivity index (χ3n) is 2.53. The van der Waals surface area contributed by atoms with Crippen molar-refractivity contribution in [3.63, 3.8) is 0 Å². The van der Waals surface area contributed by atoms with Crippen LogP contribution in [0.5, 0.6) is 5.75 Å². The summed E-state index contributed by atoms with van der Waals surface area (Å²) in [5.41, 5.74) is 1.02. The fourth-order valence-electron chi connectivity index (χ4n) is 1.62. The third-order valence-corrected chi connectivity index (χ3v) is 2.53. The topological polar surface area (TPSA) is 111 Å². The van der Waals surface area contributed by atoms with Gasteiger partial charge in [0.15, 0.2) is 0 Å². The Balaban J connectivity index is 2.20. The van der Waals surface area contributed by atoms with Crippen molar-refractivity contribution in [1.29, 1.82) is 0 Å². The molecule has 1 aromatic rings. The number of nitrogens with zero attached hydrogens (tertiary/aromatic N) is 1. The van der Waals surface area contributed by atoms with Crippen molar-refractivity contribution < 1.29 is 19.9 Å². The SMILES string of the molecule is O=C1NC(=O)C(/C=C/c2cc(/C=N/O)ccc2O)N1. The predicted molar refractivity (Wildman–Crippen MR) is 67.0 cm³/mol. The zero-order valence-electron chi connectivity index (χ0n) is 9.70. The summed E-state index contributed by atoms with van der Waals surface area (Å²) in [5.74, 6) is -0.440. The van der Waals surface area contributed by atoms with Gasteiger partial charge >= 0.3 is 6.03 Å². The summed E-state index contributed by atoms with van der Waals surface area (Å²) in [6.07, 6.45) is 4.16. The number of benzene rings is 1. The number of phenols is 1. The van der Waals surface area contributed by atoms with Crippen LogP contribution in [0.15, 0.2) is 29.4 Å². The molecule has 0 radical (unpaired) electrons. The van der Waals surface area contributed by atoms with Crippen molar-refractivity contribution in [2.45, 2.75) is 6.04 Å². The lowest BCUT2D eigenvalue weighted by atomic mass is 10.1. The van der Waals surface area contributed by atoms with Gasteiger partial charge < -0.3 is 15.6 Å². The number of carbonyl (C=O) groups is 2. The molecule has 0 saturated carbocycles. The highest BCUT2D eigenvalue weighted by molar-refractivity contribution is 6.05. The van der Waals surface area contributed by atoms with Gasteiger partial charge in [-0.25, -0.2) is 4.79 Å². The van der Waals surface area contributed by atoms with E-state index in [0.717, 1.165) is 0 Å². The molecule has 4 N–H and O–H groups in total. The Bertz CT molecular complexity index is 580. The van der Waals surface area contributed by atoms with E-state index in [0.29, 0.717) is 11.1 Å². The lowest BCUT2D eigenvalue weighted by Crippen LogP contribution is -2.26. The zero-order valence-corrected chi connectivity index (χ0v) is 9.70. The van der Waals surface area contributed by atoms with Crippen LogP contribution in [0, 0.1) is 0 Å². The standard InChI is InChI=1S/C12H11N3O4/c16-10-4-1-7(6-13-19)5-8(10)2-3-9-11(17)15-12(18)14-9/h1-6,9,16,19H,(H2,14,15,17,18)/b3-2+,13-6+. The molecule has 0 bridgehead atoms. The van der Waals surface area contributed by atoms with Gasteiger partial charge in [-0.3, -0.25) is 10.1 Å². The van der Waals surface area contributed by atoms with Crippen LogP contribution in [0.25, 0.3) is 6.08 Å². The van der Waals surface area contributed by atoms with Gasteiger partial charge in [-0.1, -0.05) is 17.3 Å². The van der Waals surface area contributed by atoms with E-state index < -0.39 is 18.0 Å². The van der Waals surface area contributed by atoms with Crippen molar-refractivity contribution >= 4 is 24.2 Å². The minimum atomic E-state index is -0.762. The minimum absolute atomic E-state index is 0.0103. The summed E-state index contributed by atoms with van der Waals surface area (Å²) >= 11 is 0. The van der Waals surface area contributed by atoms with Crippen LogP contribution in [-0.4, -0.2) is 34.5 Å². The van der Waals surface area contributed by atoms with E-state index >= 15 is 0 Å². The number of hydrogen-bond acceptors (Lipinski definition) is 5. The number of amides is 3. The summed E-state index contributed by atoms with van der Waals surface area (Å²) < 4.78 is 0. The fraction of sp³-hybridized carbons (Fsp3) is 0.0833. The molecule has 0 aliphatic carbocycles. The maximum atomic E-state index is 11.3. The normalized spacial score (nSPS) is 19.1. The maximum absolute atomic E-state index is 11.3. The van der Waals surface area contributed by atoms with Crippen LogP contribution in [0.2, 0.25) is 0 Å². The molecule has 1 atom stereocenters. The highest BCUT2D eigenvalue weighted by Crippen LogP contribution is 2.19. The Morgan fingerprint density at radius 2 is 2.11 bits per heavy atom. The Labute approximate surface area is 108 Å². The highest BCUT2D eigenvalue weighted by Gasteiger charge is 2.26. The number of carbonyl (C=O) groups excluding carboxylic acids is 2. The molecule has 0 spiro atoms. The first-order valence-electron chi connectivity index (χ1n) is 5.40. The van der Waals surface area contributed by atoms with Gasteiger partial charge in [-0.15, -0.1) is 0 Å². The van der Waals surface area contributed by atoms with E-state index in [2.05, 4.69) is 15.8 Å². The number of imide groups is 1. The molecule has 0 aromatic heterocycles. The van der Waals surface area contributed by atoms with Gasteiger partial charge in [-0.05, 0) is 23.8 Å². The number of rotatable bonds is 3. The number of aromatic hydroxyl groups is 1. The molecule has 7 heteroatoms. The molecule has 3 amide bonds. The molecule has 7 nitrogen and oxygen atoms in total. The van der Waals surface area contributed by atoms with Crippen molar-refractivity contribution in [2.24, 2.45) is 5.16 Å². The van der Waals surface area contributed by atoms with Crippen LogP contribution >= 0.6 is 0 Å². The first kappa shape index (κ1) is 12.6. The summed E-state index contributed by atoms with van der Waals surface area (Å²) in [4.78, 5) is 22.2. The molecule has 1 heterocycles. The summed E-state index contributed by atoms with van der Waals surface area (Å²) in [6.45, 7) is 0. The average molecular weight is 261 g/mol. The Kier molecular flexibility index (Phi) is 3.46. The quantitative estimate of drug-likeness (QED) is 0.273. The lowest BCUT2D eigenvalue weighted by molar-refractivity contribution is -0.119.